The first kappa shape index (κ1) is 30.3. The molecule has 7 nitrogen and oxygen atoms in total. The molecule has 0 radical (unpaired) electrons. The van der Waals surface area contributed by atoms with Crippen LogP contribution in [0.25, 0.3) is 5.65 Å². The number of amides is 1. The Morgan fingerprint density at radius 1 is 1.12 bits per heavy atom. The van der Waals surface area contributed by atoms with E-state index in [4.69, 9.17) is 11.6 Å². The number of carbonyl (C=O) groups excluding carboxylic acids is 1. The summed E-state index contributed by atoms with van der Waals surface area (Å²) in [5, 5.41) is 2.87. The molecule has 0 aliphatic carbocycles. The van der Waals surface area contributed by atoms with Gasteiger partial charge in [-0.15, -0.1) is 25.6 Å². The van der Waals surface area contributed by atoms with E-state index >= 15 is 4.39 Å². The third kappa shape index (κ3) is 6.79. The normalized spacial score (nSPS) is 15.5. The third-order valence-corrected chi connectivity index (χ3v) is 7.05. The van der Waals surface area contributed by atoms with E-state index in [1.165, 1.54) is 18.2 Å². The molecule has 2 aromatic carbocycles. The second kappa shape index (κ2) is 12.0. The second-order valence-electron chi connectivity index (χ2n) is 9.68. The van der Waals surface area contributed by atoms with Crippen LogP contribution < -0.4 is 19.9 Å². The molecule has 1 N–H and O–H groups in total. The number of fused-ring (bicyclic) bond motifs is 1. The molecule has 4 aromatic rings. The number of pyridine rings is 1. The Hall–Kier alpha value is -3.70. The number of hydrogen-bond acceptors (Lipinski definition) is 5. The summed E-state index contributed by atoms with van der Waals surface area (Å²) in [7, 11) is 0. The van der Waals surface area contributed by atoms with Gasteiger partial charge in [0, 0.05) is 44.1 Å². The zero-order valence-corrected chi connectivity index (χ0v) is 23.7. The van der Waals surface area contributed by atoms with Crippen molar-refractivity contribution >= 4 is 46.9 Å². The van der Waals surface area contributed by atoms with E-state index < -0.39 is 18.1 Å². The summed E-state index contributed by atoms with van der Waals surface area (Å²) in [4.78, 5) is 21.1. The highest BCUT2D eigenvalue weighted by Crippen LogP contribution is 2.29. The molecule has 5 rings (SSSR count). The number of rotatable bonds is 6. The van der Waals surface area contributed by atoms with E-state index in [0.717, 1.165) is 11.3 Å². The number of aryl methyl sites for hydroxylation is 1. The molecule has 2 aromatic heterocycles. The summed E-state index contributed by atoms with van der Waals surface area (Å²) in [6.45, 7) is 5.58. The van der Waals surface area contributed by atoms with E-state index in [9.17, 15) is 18.0 Å². The van der Waals surface area contributed by atoms with E-state index in [1.807, 2.05) is 30.9 Å². The van der Waals surface area contributed by atoms with Gasteiger partial charge in [-0.25, -0.2) is 9.37 Å². The lowest BCUT2D eigenvalue weighted by Crippen LogP contribution is -2.52. The molecule has 218 valence electrons. The highest BCUT2D eigenvalue weighted by molar-refractivity contribution is 6.32. The number of halogens is 6. The van der Waals surface area contributed by atoms with Gasteiger partial charge in [-0.2, -0.15) is 0 Å². The molecule has 0 spiro atoms. The minimum atomic E-state index is -4.74. The van der Waals surface area contributed by atoms with Crippen molar-refractivity contribution in [1.29, 1.82) is 0 Å². The highest BCUT2D eigenvalue weighted by atomic mass is 35.5. The average molecular weight is 612 g/mol. The molecule has 1 aliphatic heterocycles. The monoisotopic (exact) mass is 611 g/mol. The first-order valence-electron chi connectivity index (χ1n) is 12.6. The van der Waals surface area contributed by atoms with E-state index in [1.54, 1.807) is 34.9 Å². The van der Waals surface area contributed by atoms with Crippen LogP contribution in [-0.2, 0) is 6.54 Å². The summed E-state index contributed by atoms with van der Waals surface area (Å²) in [6, 6.07) is 14.2. The Bertz CT molecular complexity index is 1550. The van der Waals surface area contributed by atoms with Gasteiger partial charge in [0.25, 0.3) is 5.91 Å². The van der Waals surface area contributed by atoms with Crippen molar-refractivity contribution in [2.75, 3.05) is 29.4 Å². The summed E-state index contributed by atoms with van der Waals surface area (Å²) >= 11 is 6.21. The van der Waals surface area contributed by atoms with Crippen molar-refractivity contribution in [3.8, 4) is 5.75 Å². The standard InChI is InChI=1S/C28H26ClF4N5O2.ClH/c1-17-9-10-38-24(13-17)35-26(29)25(38)27(39)34-15-19-3-8-23(22(30)14-19)36-11-12-37(18(2)16-36)20-4-6-21(7-5-20)40-28(31,32)33;/h3-10,13-14,18H,11-12,15-16H2,1-2H3,(H,34,39);1H/t18-;/m0./s1. The van der Waals surface area contributed by atoms with E-state index in [-0.39, 0.29) is 41.6 Å². The number of ether oxygens (including phenoxy) is 1. The first-order valence-corrected chi connectivity index (χ1v) is 12.9. The van der Waals surface area contributed by atoms with E-state index in [2.05, 4.69) is 19.9 Å². The maximum atomic E-state index is 15.2. The predicted molar refractivity (Wildman–Crippen MR) is 152 cm³/mol. The molecule has 1 aliphatic rings. The van der Waals surface area contributed by atoms with Crippen LogP contribution in [0.1, 0.15) is 28.5 Å². The van der Waals surface area contributed by atoms with Crippen LogP contribution in [-0.4, -0.2) is 47.3 Å². The molecule has 0 bridgehead atoms. The van der Waals surface area contributed by atoms with Crippen molar-refractivity contribution in [3.05, 3.63) is 88.6 Å². The molecule has 41 heavy (non-hydrogen) atoms. The molecule has 0 unspecified atom stereocenters. The number of carbonyl (C=O) groups is 1. The van der Waals surface area contributed by atoms with E-state index in [0.29, 0.717) is 36.5 Å². The quantitative estimate of drug-likeness (QED) is 0.256. The van der Waals surface area contributed by atoms with Crippen LogP contribution in [0.3, 0.4) is 0 Å². The van der Waals surface area contributed by atoms with Crippen LogP contribution in [0.5, 0.6) is 5.75 Å². The number of piperazine rings is 1. The minimum Gasteiger partial charge on any atom is -0.406 e. The van der Waals surface area contributed by atoms with Gasteiger partial charge in [0.1, 0.15) is 17.2 Å². The molecule has 3 heterocycles. The SMILES string of the molecule is Cc1ccn2c(C(=O)NCc3ccc(N4CCN(c5ccc(OC(F)(F)F)cc5)[C@@H](C)C4)c(F)c3)c(Cl)nc2c1.Cl. The number of nitrogens with one attached hydrogen (secondary N) is 1. The van der Waals surface area contributed by atoms with Crippen molar-refractivity contribution in [2.45, 2.75) is 32.8 Å². The van der Waals surface area contributed by atoms with Gasteiger partial charge in [-0.3, -0.25) is 9.20 Å². The molecular weight excluding hydrogens is 585 g/mol. The number of benzene rings is 2. The van der Waals surface area contributed by atoms with Crippen molar-refractivity contribution in [3.63, 3.8) is 0 Å². The Labute approximate surface area is 245 Å². The fraction of sp³-hybridized carbons (Fsp3) is 0.286. The summed E-state index contributed by atoms with van der Waals surface area (Å²) in [5.41, 5.74) is 3.55. The van der Waals surface area contributed by atoms with Gasteiger partial charge in [-0.1, -0.05) is 17.7 Å². The highest BCUT2D eigenvalue weighted by Gasteiger charge is 2.31. The van der Waals surface area contributed by atoms with Gasteiger partial charge in [0.05, 0.1) is 5.69 Å². The molecule has 13 heteroatoms. The molecule has 1 atom stereocenters. The molecule has 1 saturated heterocycles. The number of alkyl halides is 3. The zero-order valence-electron chi connectivity index (χ0n) is 22.1. The lowest BCUT2D eigenvalue weighted by molar-refractivity contribution is -0.274. The van der Waals surface area contributed by atoms with Crippen LogP contribution in [0.2, 0.25) is 5.15 Å². The summed E-state index contributed by atoms with van der Waals surface area (Å²) in [6.07, 6.45) is -3.02. The summed E-state index contributed by atoms with van der Waals surface area (Å²) < 4.78 is 58.0. The number of hydrogen-bond donors (Lipinski definition) is 1. The largest absolute Gasteiger partial charge is 0.573 e. The fourth-order valence-corrected chi connectivity index (χ4v) is 5.17. The smallest absolute Gasteiger partial charge is 0.406 e. The van der Waals surface area contributed by atoms with Crippen molar-refractivity contribution in [2.24, 2.45) is 0 Å². The number of aromatic nitrogens is 2. The third-order valence-electron chi connectivity index (χ3n) is 6.79. The average Bonchev–Trinajstić information content (AvgIpc) is 3.21. The van der Waals surface area contributed by atoms with Crippen LogP contribution >= 0.6 is 24.0 Å². The Kier molecular flexibility index (Phi) is 8.89. The van der Waals surface area contributed by atoms with Crippen LogP contribution in [0.15, 0.2) is 60.8 Å². The molecular formula is C28H27Cl2F4N5O2. The van der Waals surface area contributed by atoms with Gasteiger partial charge in [-0.05, 0) is 73.5 Å². The van der Waals surface area contributed by atoms with Crippen molar-refractivity contribution in [1.82, 2.24) is 14.7 Å². The predicted octanol–water partition coefficient (Wildman–Crippen LogP) is 6.40. The number of nitrogens with zero attached hydrogens (tertiary/aromatic N) is 4. The Morgan fingerprint density at radius 2 is 1.85 bits per heavy atom. The zero-order chi connectivity index (χ0) is 28.6. The van der Waals surface area contributed by atoms with Gasteiger partial charge < -0.3 is 19.9 Å². The summed E-state index contributed by atoms with van der Waals surface area (Å²) in [5.74, 6) is -1.12. The number of anilines is 2. The lowest BCUT2D eigenvalue weighted by Gasteiger charge is -2.42. The van der Waals surface area contributed by atoms with Crippen molar-refractivity contribution < 1.29 is 27.1 Å². The topological polar surface area (TPSA) is 62.1 Å². The Balaban J connectivity index is 0.00000387. The second-order valence-corrected chi connectivity index (χ2v) is 10.0. The molecule has 0 saturated carbocycles. The van der Waals surface area contributed by atoms with Crippen LogP contribution in [0, 0.1) is 12.7 Å². The Morgan fingerprint density at radius 3 is 2.51 bits per heavy atom. The number of imidazole rings is 1. The maximum Gasteiger partial charge on any atom is 0.573 e. The maximum absolute atomic E-state index is 15.2. The van der Waals surface area contributed by atoms with Crippen LogP contribution in [0.4, 0.5) is 28.9 Å². The molecule has 1 amide bonds. The fourth-order valence-electron chi connectivity index (χ4n) is 4.90. The lowest BCUT2D eigenvalue weighted by atomic mass is 10.1. The first-order chi connectivity index (χ1) is 19.0. The van der Waals surface area contributed by atoms with Gasteiger partial charge in [0.15, 0.2) is 10.8 Å². The van der Waals surface area contributed by atoms with Gasteiger partial charge in [0.2, 0.25) is 0 Å². The minimum absolute atomic E-state index is 0. The molecule has 1 fully saturated rings. The van der Waals surface area contributed by atoms with Gasteiger partial charge >= 0.3 is 6.36 Å².